The van der Waals surface area contributed by atoms with E-state index in [4.69, 9.17) is 0 Å². The van der Waals surface area contributed by atoms with Crippen molar-refractivity contribution in [1.29, 1.82) is 0 Å². The monoisotopic (exact) mass is 261 g/mol. The van der Waals surface area contributed by atoms with Gasteiger partial charge in [0, 0.05) is 12.0 Å². The van der Waals surface area contributed by atoms with Crippen molar-refractivity contribution in [2.75, 3.05) is 13.1 Å². The zero-order chi connectivity index (χ0) is 13.3. The summed E-state index contributed by atoms with van der Waals surface area (Å²) < 4.78 is 29.0. The van der Waals surface area contributed by atoms with Crippen LogP contribution in [0.2, 0.25) is 0 Å². The molecular formula is C16H17F2N. The molecule has 1 N–H and O–H groups in total. The van der Waals surface area contributed by atoms with Crippen LogP contribution in [0.15, 0.2) is 42.5 Å². The maximum Gasteiger partial charge on any atom is 0.274 e. The van der Waals surface area contributed by atoms with Crippen LogP contribution >= 0.6 is 0 Å². The fraction of sp³-hybridized carbons (Fsp3) is 0.375. The molecule has 0 aromatic heterocycles. The van der Waals surface area contributed by atoms with Gasteiger partial charge in [-0.15, -0.1) is 0 Å². The summed E-state index contributed by atoms with van der Waals surface area (Å²) in [5, 5.41) is 4.70. The predicted molar refractivity (Wildman–Crippen MR) is 73.4 cm³/mol. The summed E-state index contributed by atoms with van der Waals surface area (Å²) in [5.74, 6) is -2.67. The number of alkyl halides is 2. The van der Waals surface area contributed by atoms with Crippen LogP contribution in [0.1, 0.15) is 18.4 Å². The van der Waals surface area contributed by atoms with Gasteiger partial charge in [0.25, 0.3) is 5.92 Å². The SMILES string of the molecule is FC(F)(CC1CCNC1)c1cccc2ccccc12. The van der Waals surface area contributed by atoms with Crippen LogP contribution in [0.4, 0.5) is 8.78 Å². The molecule has 1 heterocycles. The van der Waals surface area contributed by atoms with Gasteiger partial charge in [-0.3, -0.25) is 0 Å². The molecule has 0 spiro atoms. The van der Waals surface area contributed by atoms with Gasteiger partial charge in [-0.05, 0) is 36.2 Å². The van der Waals surface area contributed by atoms with Gasteiger partial charge in [-0.2, -0.15) is 0 Å². The van der Waals surface area contributed by atoms with Gasteiger partial charge in [0.2, 0.25) is 0 Å². The van der Waals surface area contributed by atoms with Crippen molar-refractivity contribution in [2.24, 2.45) is 5.92 Å². The number of fused-ring (bicyclic) bond motifs is 1. The van der Waals surface area contributed by atoms with Crippen LogP contribution in [0, 0.1) is 5.92 Å². The largest absolute Gasteiger partial charge is 0.316 e. The molecule has 1 nitrogen and oxygen atoms in total. The molecule has 0 amide bonds. The summed E-state index contributed by atoms with van der Waals surface area (Å²) in [6, 6.07) is 12.5. The maximum absolute atomic E-state index is 14.5. The molecule has 19 heavy (non-hydrogen) atoms. The topological polar surface area (TPSA) is 12.0 Å². The Labute approximate surface area is 111 Å². The van der Waals surface area contributed by atoms with Crippen LogP contribution < -0.4 is 5.32 Å². The first-order valence-electron chi connectivity index (χ1n) is 6.73. The van der Waals surface area contributed by atoms with Crippen LogP contribution in [0.5, 0.6) is 0 Å². The van der Waals surface area contributed by atoms with E-state index in [0.29, 0.717) is 11.9 Å². The zero-order valence-electron chi connectivity index (χ0n) is 10.7. The number of hydrogen-bond donors (Lipinski definition) is 1. The van der Waals surface area contributed by atoms with Crippen molar-refractivity contribution in [3.8, 4) is 0 Å². The second kappa shape index (κ2) is 4.89. The molecule has 1 aliphatic rings. The number of halogens is 2. The highest BCUT2D eigenvalue weighted by Gasteiger charge is 2.36. The Balaban J connectivity index is 1.97. The highest BCUT2D eigenvalue weighted by molar-refractivity contribution is 5.86. The molecule has 1 aliphatic heterocycles. The van der Waals surface area contributed by atoms with Crippen molar-refractivity contribution < 1.29 is 8.78 Å². The molecule has 0 aliphatic carbocycles. The fourth-order valence-corrected chi connectivity index (χ4v) is 2.91. The second-order valence-electron chi connectivity index (χ2n) is 5.29. The summed E-state index contributed by atoms with van der Waals surface area (Å²) in [6.07, 6.45) is 0.786. The average Bonchev–Trinajstić information content (AvgIpc) is 2.90. The lowest BCUT2D eigenvalue weighted by Crippen LogP contribution is -2.20. The van der Waals surface area contributed by atoms with Crippen molar-refractivity contribution in [3.05, 3.63) is 48.0 Å². The van der Waals surface area contributed by atoms with Crippen molar-refractivity contribution >= 4 is 10.8 Å². The van der Waals surface area contributed by atoms with E-state index in [2.05, 4.69) is 5.32 Å². The fourth-order valence-electron chi connectivity index (χ4n) is 2.91. The van der Waals surface area contributed by atoms with Crippen LogP contribution in [0.25, 0.3) is 10.8 Å². The third-order valence-electron chi connectivity index (χ3n) is 3.89. The normalized spacial score (nSPS) is 20.0. The van der Waals surface area contributed by atoms with Gasteiger partial charge in [0.15, 0.2) is 0 Å². The summed E-state index contributed by atoms with van der Waals surface area (Å²) in [5.41, 5.74) is 0.164. The second-order valence-corrected chi connectivity index (χ2v) is 5.29. The molecule has 1 unspecified atom stereocenters. The van der Waals surface area contributed by atoms with Crippen molar-refractivity contribution in [3.63, 3.8) is 0 Å². The zero-order valence-corrected chi connectivity index (χ0v) is 10.7. The Bertz CT molecular complexity index is 568. The predicted octanol–water partition coefficient (Wildman–Crippen LogP) is 3.93. The number of nitrogens with one attached hydrogen (secondary N) is 1. The van der Waals surface area contributed by atoms with Crippen LogP contribution in [-0.4, -0.2) is 13.1 Å². The highest BCUT2D eigenvalue weighted by atomic mass is 19.3. The smallest absolute Gasteiger partial charge is 0.274 e. The first kappa shape index (κ1) is 12.5. The Hall–Kier alpha value is -1.48. The van der Waals surface area contributed by atoms with Gasteiger partial charge in [-0.25, -0.2) is 8.78 Å². The molecule has 1 fully saturated rings. The first-order valence-corrected chi connectivity index (χ1v) is 6.73. The van der Waals surface area contributed by atoms with Gasteiger partial charge in [0.05, 0.1) is 0 Å². The molecule has 0 bridgehead atoms. The van der Waals surface area contributed by atoms with Crippen molar-refractivity contribution in [1.82, 2.24) is 5.32 Å². The highest BCUT2D eigenvalue weighted by Crippen LogP contribution is 2.39. The molecular weight excluding hydrogens is 244 g/mol. The molecule has 1 saturated heterocycles. The molecule has 100 valence electrons. The lowest BCUT2D eigenvalue weighted by Gasteiger charge is -2.21. The molecule has 0 saturated carbocycles. The minimum atomic E-state index is -2.75. The molecule has 2 aromatic carbocycles. The number of hydrogen-bond acceptors (Lipinski definition) is 1. The summed E-state index contributed by atoms with van der Waals surface area (Å²) in [7, 11) is 0. The van der Waals surface area contributed by atoms with Crippen LogP contribution in [-0.2, 0) is 5.92 Å². The Kier molecular flexibility index (Phi) is 3.23. The maximum atomic E-state index is 14.5. The van der Waals surface area contributed by atoms with Crippen LogP contribution in [0.3, 0.4) is 0 Å². The van der Waals surface area contributed by atoms with E-state index >= 15 is 0 Å². The van der Waals surface area contributed by atoms with Gasteiger partial charge < -0.3 is 5.32 Å². The third kappa shape index (κ3) is 2.47. The minimum absolute atomic E-state index is 0.0615. The number of benzene rings is 2. The summed E-state index contributed by atoms with van der Waals surface area (Å²) in [4.78, 5) is 0. The first-order chi connectivity index (χ1) is 9.17. The molecule has 3 rings (SSSR count). The Morgan fingerprint density at radius 3 is 2.68 bits per heavy atom. The molecule has 2 aromatic rings. The Morgan fingerprint density at radius 1 is 1.11 bits per heavy atom. The van der Waals surface area contributed by atoms with E-state index in [9.17, 15) is 8.78 Å². The molecule has 3 heteroatoms. The summed E-state index contributed by atoms with van der Waals surface area (Å²) >= 11 is 0. The van der Waals surface area contributed by atoms with E-state index in [0.717, 1.165) is 18.4 Å². The quantitative estimate of drug-likeness (QED) is 0.882. The standard InChI is InChI=1S/C16H17F2N/c17-16(18,10-12-8-9-19-11-12)15-7-3-5-13-4-1-2-6-14(13)15/h1-7,12,19H,8-11H2. The lowest BCUT2D eigenvalue weighted by molar-refractivity contribution is -0.0253. The van der Waals surface area contributed by atoms with E-state index < -0.39 is 5.92 Å². The summed E-state index contributed by atoms with van der Waals surface area (Å²) in [6.45, 7) is 1.57. The lowest BCUT2D eigenvalue weighted by atomic mass is 9.92. The van der Waals surface area contributed by atoms with Gasteiger partial charge >= 0.3 is 0 Å². The Morgan fingerprint density at radius 2 is 1.89 bits per heavy atom. The molecule has 0 radical (unpaired) electrons. The number of rotatable bonds is 3. The van der Waals surface area contributed by atoms with Crippen molar-refractivity contribution in [2.45, 2.75) is 18.8 Å². The third-order valence-corrected chi connectivity index (χ3v) is 3.89. The molecule has 1 atom stereocenters. The van der Waals surface area contributed by atoms with E-state index in [-0.39, 0.29) is 17.9 Å². The van der Waals surface area contributed by atoms with Gasteiger partial charge in [-0.1, -0.05) is 42.5 Å². The van der Waals surface area contributed by atoms with Gasteiger partial charge in [0.1, 0.15) is 0 Å². The average molecular weight is 261 g/mol. The van der Waals surface area contributed by atoms with E-state index in [1.165, 1.54) is 0 Å². The minimum Gasteiger partial charge on any atom is -0.316 e. The van der Waals surface area contributed by atoms with E-state index in [1.54, 1.807) is 18.2 Å². The van der Waals surface area contributed by atoms with E-state index in [1.807, 2.05) is 24.3 Å².